The number of H-pyrrole nitrogens is 1. The Kier molecular flexibility index (Phi) is 12.1. The number of guanidine groups is 1. The van der Waals surface area contributed by atoms with Crippen molar-refractivity contribution in [3.05, 3.63) is 5.82 Å². The van der Waals surface area contributed by atoms with Crippen LogP contribution >= 0.6 is 0 Å². The molecule has 2 aliphatic heterocycles. The number of aromatic amines is 1. The second-order valence-corrected chi connectivity index (χ2v) is 11.0. The normalized spacial score (nSPS) is 20.8. The SMILES string of the molecule is CCCC(CCC)C(=O)NC(Cc1nn[nH]n1)C(=O)N1CCCC1C(=O)NC(CO)CC1CCCN(C(=N)N)C1. The van der Waals surface area contributed by atoms with Gasteiger partial charge >= 0.3 is 0 Å². The number of tetrazole rings is 1. The van der Waals surface area contributed by atoms with E-state index in [1.165, 1.54) is 4.90 Å². The molecule has 7 N–H and O–H groups in total. The van der Waals surface area contributed by atoms with Gasteiger partial charge in [0.1, 0.15) is 12.1 Å². The van der Waals surface area contributed by atoms with Crippen molar-refractivity contribution in [1.82, 2.24) is 41.1 Å². The van der Waals surface area contributed by atoms with Gasteiger partial charge in [0.2, 0.25) is 17.7 Å². The van der Waals surface area contributed by atoms with E-state index in [1.807, 2.05) is 18.7 Å². The zero-order valence-corrected chi connectivity index (χ0v) is 23.8. The Morgan fingerprint density at radius 3 is 2.50 bits per heavy atom. The molecular weight excluding hydrogens is 516 g/mol. The molecule has 3 heterocycles. The quantitative estimate of drug-likeness (QED) is 0.132. The zero-order chi connectivity index (χ0) is 29.1. The molecule has 224 valence electrons. The molecular formula is C26H46N10O4. The molecule has 40 heavy (non-hydrogen) atoms. The highest BCUT2D eigenvalue weighted by molar-refractivity contribution is 5.93. The first kappa shape index (κ1) is 31.2. The Morgan fingerprint density at radius 2 is 1.88 bits per heavy atom. The van der Waals surface area contributed by atoms with Gasteiger partial charge in [-0.15, -0.1) is 10.2 Å². The third kappa shape index (κ3) is 8.60. The van der Waals surface area contributed by atoms with E-state index in [9.17, 15) is 19.5 Å². The first-order valence-corrected chi connectivity index (χ1v) is 14.6. The molecule has 1 aromatic heterocycles. The minimum atomic E-state index is -0.928. The first-order valence-electron chi connectivity index (χ1n) is 14.6. The number of nitrogens with one attached hydrogen (secondary N) is 4. The van der Waals surface area contributed by atoms with Gasteiger partial charge in [0.25, 0.3) is 0 Å². The number of aliphatic hydroxyl groups is 1. The molecule has 14 nitrogen and oxygen atoms in total. The zero-order valence-electron chi connectivity index (χ0n) is 23.8. The fourth-order valence-corrected chi connectivity index (χ4v) is 5.90. The summed E-state index contributed by atoms with van der Waals surface area (Å²) in [6.45, 7) is 5.57. The number of aromatic nitrogens is 4. The molecule has 0 radical (unpaired) electrons. The van der Waals surface area contributed by atoms with Crippen LogP contribution in [0, 0.1) is 17.2 Å². The Balaban J connectivity index is 1.67. The lowest BCUT2D eigenvalue weighted by Gasteiger charge is -2.35. The summed E-state index contributed by atoms with van der Waals surface area (Å²) in [5.41, 5.74) is 5.66. The molecule has 0 bridgehead atoms. The van der Waals surface area contributed by atoms with Gasteiger partial charge in [-0.25, -0.2) is 0 Å². The Labute approximate surface area is 235 Å². The van der Waals surface area contributed by atoms with Crippen LogP contribution in [-0.4, -0.2) is 104 Å². The highest BCUT2D eigenvalue weighted by Crippen LogP contribution is 2.23. The molecule has 4 atom stereocenters. The average molecular weight is 563 g/mol. The third-order valence-electron chi connectivity index (χ3n) is 7.92. The van der Waals surface area contributed by atoms with Gasteiger partial charge in [-0.05, 0) is 50.9 Å². The molecule has 3 amide bonds. The predicted octanol–water partition coefficient (Wildman–Crippen LogP) is -0.0929. The summed E-state index contributed by atoms with van der Waals surface area (Å²) in [7, 11) is 0. The van der Waals surface area contributed by atoms with Crippen LogP contribution in [0.25, 0.3) is 0 Å². The van der Waals surface area contributed by atoms with Crippen LogP contribution in [0.3, 0.4) is 0 Å². The fraction of sp³-hybridized carbons (Fsp3) is 0.808. The maximum atomic E-state index is 13.8. The lowest BCUT2D eigenvalue weighted by Crippen LogP contribution is -2.56. The maximum Gasteiger partial charge on any atom is 0.246 e. The van der Waals surface area contributed by atoms with Crippen molar-refractivity contribution in [2.45, 2.75) is 96.2 Å². The van der Waals surface area contributed by atoms with Crippen molar-refractivity contribution in [3.63, 3.8) is 0 Å². The van der Waals surface area contributed by atoms with Gasteiger partial charge in [-0.3, -0.25) is 19.8 Å². The second-order valence-electron chi connectivity index (χ2n) is 11.0. The van der Waals surface area contributed by atoms with Gasteiger partial charge in [0, 0.05) is 32.0 Å². The van der Waals surface area contributed by atoms with Gasteiger partial charge in [0.05, 0.1) is 12.6 Å². The van der Waals surface area contributed by atoms with E-state index in [4.69, 9.17) is 11.1 Å². The number of aliphatic hydroxyl groups excluding tert-OH is 1. The largest absolute Gasteiger partial charge is 0.394 e. The van der Waals surface area contributed by atoms with E-state index in [0.717, 1.165) is 45.1 Å². The van der Waals surface area contributed by atoms with Crippen molar-refractivity contribution < 1.29 is 19.5 Å². The van der Waals surface area contributed by atoms with Crippen molar-refractivity contribution in [3.8, 4) is 0 Å². The Morgan fingerprint density at radius 1 is 1.15 bits per heavy atom. The molecule has 3 rings (SSSR count). The predicted molar refractivity (Wildman–Crippen MR) is 148 cm³/mol. The molecule has 4 unspecified atom stereocenters. The van der Waals surface area contributed by atoms with Crippen LogP contribution in [0.1, 0.15) is 77.5 Å². The number of hydrogen-bond donors (Lipinski definition) is 6. The van der Waals surface area contributed by atoms with E-state index in [-0.39, 0.29) is 48.5 Å². The topological polar surface area (TPSA) is 206 Å². The summed E-state index contributed by atoms with van der Waals surface area (Å²) in [4.78, 5) is 43.7. The van der Waals surface area contributed by atoms with Crippen LogP contribution in [0.5, 0.6) is 0 Å². The summed E-state index contributed by atoms with van der Waals surface area (Å²) in [5, 5.41) is 37.5. The molecule has 2 fully saturated rings. The smallest absolute Gasteiger partial charge is 0.246 e. The number of nitrogens with two attached hydrogens (primary N) is 1. The number of rotatable bonds is 14. The van der Waals surface area contributed by atoms with E-state index >= 15 is 0 Å². The van der Waals surface area contributed by atoms with E-state index in [2.05, 4.69) is 31.3 Å². The highest BCUT2D eigenvalue weighted by Gasteiger charge is 2.39. The van der Waals surface area contributed by atoms with E-state index < -0.39 is 18.1 Å². The fourth-order valence-electron chi connectivity index (χ4n) is 5.90. The molecule has 0 spiro atoms. The van der Waals surface area contributed by atoms with Crippen molar-refractivity contribution >= 4 is 23.7 Å². The molecule has 0 aromatic carbocycles. The van der Waals surface area contributed by atoms with Crippen molar-refractivity contribution in [2.75, 3.05) is 26.2 Å². The van der Waals surface area contributed by atoms with Crippen LogP contribution in [0.4, 0.5) is 0 Å². The van der Waals surface area contributed by atoms with E-state index in [1.54, 1.807) is 0 Å². The molecule has 14 heteroatoms. The van der Waals surface area contributed by atoms with Gasteiger partial charge in [0.15, 0.2) is 11.8 Å². The van der Waals surface area contributed by atoms with Gasteiger partial charge in [-0.1, -0.05) is 31.9 Å². The Hall–Kier alpha value is -3.29. The Bertz CT molecular complexity index is 969. The average Bonchev–Trinajstić information content (AvgIpc) is 3.64. The standard InChI is InChI=1S/C26H46N10O4/c1-3-7-18(8-4-2)23(38)30-20(14-22-31-33-34-32-22)25(40)36-12-6-10-21(36)24(39)29-19(16-37)13-17-9-5-11-35(15-17)26(27)28/h17-21,37H,3-16H2,1-2H3,(H3,27,28)(H,29,39)(H,30,38)(H,31,32,33,34). The highest BCUT2D eigenvalue weighted by atomic mass is 16.3. The number of amides is 3. The molecule has 1 aromatic rings. The van der Waals surface area contributed by atoms with Crippen molar-refractivity contribution in [1.29, 1.82) is 5.41 Å². The number of carbonyl (C=O) groups is 3. The minimum Gasteiger partial charge on any atom is -0.394 e. The van der Waals surface area contributed by atoms with Gasteiger partial charge < -0.3 is 31.3 Å². The minimum absolute atomic E-state index is 0.0348. The molecule has 0 aliphatic carbocycles. The first-order chi connectivity index (χ1) is 19.3. The summed E-state index contributed by atoms with van der Waals surface area (Å²) >= 11 is 0. The summed E-state index contributed by atoms with van der Waals surface area (Å²) in [5.74, 6) is -0.530. The van der Waals surface area contributed by atoms with Crippen molar-refractivity contribution in [2.24, 2.45) is 17.6 Å². The van der Waals surface area contributed by atoms with E-state index in [0.29, 0.717) is 38.2 Å². The number of piperidine rings is 1. The number of likely N-dealkylation sites (tertiary alicyclic amines) is 2. The lowest BCUT2D eigenvalue weighted by molar-refractivity contribution is -0.142. The molecule has 2 saturated heterocycles. The molecule has 2 aliphatic rings. The van der Waals surface area contributed by atoms with Crippen LogP contribution < -0.4 is 16.4 Å². The van der Waals surface area contributed by atoms with Crippen LogP contribution in [-0.2, 0) is 20.8 Å². The molecule has 0 saturated carbocycles. The summed E-state index contributed by atoms with van der Waals surface area (Å²) in [6.07, 6.45) is 6.76. The maximum absolute atomic E-state index is 13.8. The second kappa shape index (κ2) is 15.5. The lowest BCUT2D eigenvalue weighted by atomic mass is 9.91. The van der Waals surface area contributed by atoms with Crippen LogP contribution in [0.2, 0.25) is 0 Å². The summed E-state index contributed by atoms with van der Waals surface area (Å²) < 4.78 is 0. The number of hydrogen-bond acceptors (Lipinski definition) is 8. The van der Waals surface area contributed by atoms with Gasteiger partial charge in [-0.2, -0.15) is 5.21 Å². The monoisotopic (exact) mass is 562 g/mol. The number of carbonyl (C=O) groups excluding carboxylic acids is 3. The third-order valence-corrected chi connectivity index (χ3v) is 7.92. The number of nitrogens with zero attached hydrogens (tertiary/aromatic N) is 5. The van der Waals surface area contributed by atoms with Crippen LogP contribution in [0.15, 0.2) is 0 Å². The summed E-state index contributed by atoms with van der Waals surface area (Å²) in [6, 6.07) is -2.10.